The first-order valence-corrected chi connectivity index (χ1v) is 17.0. The number of hydrogen-bond acceptors (Lipinski definition) is 1. The lowest BCUT2D eigenvalue weighted by Gasteiger charge is -2.27. The zero-order chi connectivity index (χ0) is 30.7. The summed E-state index contributed by atoms with van der Waals surface area (Å²) in [6.45, 7) is 0. The lowest BCUT2D eigenvalue weighted by molar-refractivity contribution is 1.30. The SMILES string of the molecule is c1ccc(N(c2cccc(-c3cccc(P(c4ccccc4)c4cccc5ccccc45)c3)c2)c2cccc3ccccc23)cc1. The van der Waals surface area contributed by atoms with Gasteiger partial charge in [0, 0.05) is 16.8 Å². The summed E-state index contributed by atoms with van der Waals surface area (Å²) in [4.78, 5) is 2.38. The summed E-state index contributed by atoms with van der Waals surface area (Å²) in [7, 11) is -0.775. The van der Waals surface area contributed by atoms with Crippen molar-refractivity contribution in [2.45, 2.75) is 0 Å². The molecule has 0 aliphatic carbocycles. The van der Waals surface area contributed by atoms with Gasteiger partial charge in [-0.05, 0) is 87.5 Å². The summed E-state index contributed by atoms with van der Waals surface area (Å²) in [5.74, 6) is 0. The van der Waals surface area contributed by atoms with Gasteiger partial charge in [0.2, 0.25) is 0 Å². The molecule has 0 saturated heterocycles. The molecule has 2 heteroatoms. The highest BCUT2D eigenvalue weighted by atomic mass is 31.1. The smallest absolute Gasteiger partial charge is 0.0540 e. The van der Waals surface area contributed by atoms with Crippen LogP contribution < -0.4 is 20.8 Å². The third-order valence-electron chi connectivity index (χ3n) is 8.59. The number of hydrogen-bond donors (Lipinski definition) is 0. The van der Waals surface area contributed by atoms with E-state index in [-0.39, 0.29) is 0 Å². The van der Waals surface area contributed by atoms with E-state index in [1.165, 1.54) is 54.3 Å². The van der Waals surface area contributed by atoms with Crippen LogP contribution in [-0.4, -0.2) is 0 Å². The lowest BCUT2D eigenvalue weighted by atomic mass is 10.0. The van der Waals surface area contributed by atoms with Crippen molar-refractivity contribution in [1.29, 1.82) is 0 Å². The fourth-order valence-corrected chi connectivity index (χ4v) is 8.97. The van der Waals surface area contributed by atoms with E-state index >= 15 is 0 Å². The molecule has 1 atom stereocenters. The Hall–Kier alpha value is -5.49. The Morgan fingerprint density at radius 3 is 1.65 bits per heavy atom. The zero-order valence-corrected chi connectivity index (χ0v) is 26.3. The molecule has 8 aromatic rings. The van der Waals surface area contributed by atoms with Crippen molar-refractivity contribution < 1.29 is 0 Å². The third-order valence-corrected chi connectivity index (χ3v) is 11.1. The van der Waals surface area contributed by atoms with Gasteiger partial charge in [0.15, 0.2) is 0 Å². The van der Waals surface area contributed by atoms with Gasteiger partial charge in [-0.1, -0.05) is 158 Å². The standard InChI is InChI=1S/C44H32NP/c1-3-21-37(22-4-1)45(43-29-13-17-33-15-7-9-27-41(33)43)38-23-11-19-35(31-38)36-20-12-26-40(32-36)46(39-24-5-2-6-25-39)44-30-14-18-34-16-8-10-28-42(34)44/h1-32H. The second-order valence-corrected chi connectivity index (χ2v) is 13.6. The molecule has 1 nitrogen and oxygen atoms in total. The first-order valence-electron chi connectivity index (χ1n) is 15.7. The van der Waals surface area contributed by atoms with Crippen molar-refractivity contribution in [2.75, 3.05) is 4.90 Å². The molecule has 0 saturated carbocycles. The first kappa shape index (κ1) is 28.0. The molecule has 8 rings (SSSR count). The molecule has 0 aromatic heterocycles. The third kappa shape index (κ3) is 5.36. The highest BCUT2D eigenvalue weighted by Crippen LogP contribution is 2.41. The number of rotatable bonds is 7. The molecule has 218 valence electrons. The topological polar surface area (TPSA) is 3.24 Å². The molecule has 8 aromatic carbocycles. The zero-order valence-electron chi connectivity index (χ0n) is 25.4. The van der Waals surface area contributed by atoms with E-state index < -0.39 is 7.92 Å². The Morgan fingerprint density at radius 2 is 0.870 bits per heavy atom. The van der Waals surface area contributed by atoms with Gasteiger partial charge in [-0.3, -0.25) is 0 Å². The van der Waals surface area contributed by atoms with Gasteiger partial charge < -0.3 is 4.90 Å². The minimum atomic E-state index is -0.775. The molecule has 0 radical (unpaired) electrons. The average molecular weight is 606 g/mol. The minimum Gasteiger partial charge on any atom is -0.310 e. The van der Waals surface area contributed by atoms with Gasteiger partial charge in [-0.15, -0.1) is 0 Å². The summed E-state index contributed by atoms with van der Waals surface area (Å²) in [6, 6.07) is 70.5. The Morgan fingerprint density at radius 1 is 0.348 bits per heavy atom. The van der Waals surface area contributed by atoms with Crippen LogP contribution >= 0.6 is 7.92 Å². The van der Waals surface area contributed by atoms with Crippen LogP contribution in [0.5, 0.6) is 0 Å². The average Bonchev–Trinajstić information content (AvgIpc) is 3.13. The largest absolute Gasteiger partial charge is 0.310 e. The van der Waals surface area contributed by atoms with Gasteiger partial charge in [-0.2, -0.15) is 0 Å². The van der Waals surface area contributed by atoms with Crippen LogP contribution in [0.15, 0.2) is 194 Å². The molecule has 0 aliphatic rings. The number of benzene rings is 8. The van der Waals surface area contributed by atoms with Crippen molar-refractivity contribution in [3.8, 4) is 11.1 Å². The maximum Gasteiger partial charge on any atom is 0.0540 e. The first-order chi connectivity index (χ1) is 22.8. The van der Waals surface area contributed by atoms with E-state index in [9.17, 15) is 0 Å². The van der Waals surface area contributed by atoms with E-state index in [0.29, 0.717) is 0 Å². The molecule has 0 heterocycles. The molecule has 0 spiro atoms. The van der Waals surface area contributed by atoms with Crippen LogP contribution in [0, 0.1) is 0 Å². The highest BCUT2D eigenvalue weighted by molar-refractivity contribution is 7.80. The van der Waals surface area contributed by atoms with Crippen LogP contribution in [0.3, 0.4) is 0 Å². The van der Waals surface area contributed by atoms with E-state index in [0.717, 1.165) is 11.4 Å². The molecule has 1 unspecified atom stereocenters. The van der Waals surface area contributed by atoms with Crippen molar-refractivity contribution >= 4 is 62.4 Å². The van der Waals surface area contributed by atoms with Crippen LogP contribution in [0.1, 0.15) is 0 Å². The molecule has 0 N–H and O–H groups in total. The summed E-state index contributed by atoms with van der Waals surface area (Å²) >= 11 is 0. The van der Waals surface area contributed by atoms with E-state index in [1.807, 2.05) is 0 Å². The monoisotopic (exact) mass is 605 g/mol. The van der Waals surface area contributed by atoms with Crippen molar-refractivity contribution in [1.82, 2.24) is 0 Å². The second-order valence-electron chi connectivity index (χ2n) is 11.4. The highest BCUT2D eigenvalue weighted by Gasteiger charge is 2.20. The maximum atomic E-state index is 2.41. The van der Waals surface area contributed by atoms with Gasteiger partial charge in [-0.25, -0.2) is 0 Å². The molecule has 0 aliphatic heterocycles. The summed E-state index contributed by atoms with van der Waals surface area (Å²) in [5.41, 5.74) is 5.84. The Bertz CT molecular complexity index is 2100. The van der Waals surface area contributed by atoms with E-state index in [2.05, 4.69) is 199 Å². The Kier molecular flexibility index (Phi) is 7.60. The van der Waals surface area contributed by atoms with E-state index in [1.54, 1.807) is 0 Å². The molecule has 0 bridgehead atoms. The number of fused-ring (bicyclic) bond motifs is 2. The Labute approximate surface area is 271 Å². The van der Waals surface area contributed by atoms with Crippen molar-refractivity contribution in [3.63, 3.8) is 0 Å². The van der Waals surface area contributed by atoms with E-state index in [4.69, 9.17) is 0 Å². The van der Waals surface area contributed by atoms with Crippen LogP contribution in [0.4, 0.5) is 17.1 Å². The van der Waals surface area contributed by atoms with Crippen molar-refractivity contribution in [3.05, 3.63) is 194 Å². The number of para-hydroxylation sites is 1. The van der Waals surface area contributed by atoms with Crippen molar-refractivity contribution in [2.24, 2.45) is 0 Å². The summed E-state index contributed by atoms with van der Waals surface area (Å²) in [5, 5.41) is 9.14. The molecule has 0 amide bonds. The van der Waals surface area contributed by atoms with Gasteiger partial charge >= 0.3 is 0 Å². The Balaban J connectivity index is 1.26. The second kappa shape index (κ2) is 12.5. The number of anilines is 3. The fraction of sp³-hybridized carbons (Fsp3) is 0. The maximum absolute atomic E-state index is 2.41. The minimum absolute atomic E-state index is 0.775. The summed E-state index contributed by atoms with van der Waals surface area (Å²) < 4.78 is 0. The van der Waals surface area contributed by atoms with Gasteiger partial charge in [0.1, 0.15) is 0 Å². The lowest BCUT2D eigenvalue weighted by Crippen LogP contribution is -2.21. The predicted molar refractivity (Wildman–Crippen MR) is 200 cm³/mol. The van der Waals surface area contributed by atoms with Crippen LogP contribution in [0.2, 0.25) is 0 Å². The number of nitrogens with zero attached hydrogens (tertiary/aromatic N) is 1. The van der Waals surface area contributed by atoms with Gasteiger partial charge in [0.25, 0.3) is 0 Å². The molecule has 0 fully saturated rings. The normalized spacial score (nSPS) is 11.8. The predicted octanol–water partition coefficient (Wildman–Crippen LogP) is 10.9. The van der Waals surface area contributed by atoms with Crippen LogP contribution in [0.25, 0.3) is 32.7 Å². The fourth-order valence-electron chi connectivity index (χ4n) is 6.46. The molecule has 46 heavy (non-hydrogen) atoms. The molecular weight excluding hydrogens is 573 g/mol. The van der Waals surface area contributed by atoms with Crippen LogP contribution in [-0.2, 0) is 0 Å². The quantitative estimate of drug-likeness (QED) is 0.163. The summed E-state index contributed by atoms with van der Waals surface area (Å²) in [6.07, 6.45) is 0. The molecular formula is C44H32NP. The van der Waals surface area contributed by atoms with Gasteiger partial charge in [0.05, 0.1) is 5.69 Å².